The lowest BCUT2D eigenvalue weighted by Gasteiger charge is -2.14. The summed E-state index contributed by atoms with van der Waals surface area (Å²) >= 11 is 0. The van der Waals surface area contributed by atoms with E-state index in [9.17, 15) is 9.59 Å². The Balaban J connectivity index is 1.49. The zero-order chi connectivity index (χ0) is 18.1. The van der Waals surface area contributed by atoms with Gasteiger partial charge in [0.15, 0.2) is 0 Å². The third-order valence-corrected chi connectivity index (χ3v) is 4.56. The molecule has 2 aromatic carbocycles. The van der Waals surface area contributed by atoms with Crippen molar-refractivity contribution in [2.75, 3.05) is 6.61 Å². The molecular formula is C21H19NO4. The summed E-state index contributed by atoms with van der Waals surface area (Å²) in [7, 11) is 0. The van der Waals surface area contributed by atoms with Crippen molar-refractivity contribution in [3.63, 3.8) is 0 Å². The molecule has 0 aliphatic carbocycles. The van der Waals surface area contributed by atoms with Crippen LogP contribution in [0.4, 0.5) is 0 Å². The maximum Gasteiger partial charge on any atom is 0.349 e. The molecule has 0 fully saturated rings. The van der Waals surface area contributed by atoms with Gasteiger partial charge in [-0.2, -0.15) is 0 Å². The fourth-order valence-corrected chi connectivity index (χ4v) is 3.29. The summed E-state index contributed by atoms with van der Waals surface area (Å²) < 4.78 is 10.7. The van der Waals surface area contributed by atoms with E-state index in [1.165, 1.54) is 5.56 Å². The first-order valence-electron chi connectivity index (χ1n) is 8.68. The first-order valence-corrected chi connectivity index (χ1v) is 8.68. The second-order valence-corrected chi connectivity index (χ2v) is 6.60. The zero-order valence-electron chi connectivity index (χ0n) is 14.5. The van der Waals surface area contributed by atoms with Crippen LogP contribution in [0, 0.1) is 0 Å². The van der Waals surface area contributed by atoms with E-state index in [1.54, 1.807) is 18.2 Å². The van der Waals surface area contributed by atoms with E-state index in [0.717, 1.165) is 29.7 Å². The van der Waals surface area contributed by atoms with Crippen LogP contribution in [0.3, 0.4) is 0 Å². The number of fused-ring (bicyclic) bond motifs is 2. The maximum absolute atomic E-state index is 12.5. The summed E-state index contributed by atoms with van der Waals surface area (Å²) in [6, 6.07) is 14.7. The van der Waals surface area contributed by atoms with Crippen molar-refractivity contribution >= 4 is 16.9 Å². The molecule has 2 heterocycles. The number of nitrogens with one attached hydrogen (secondary N) is 1. The van der Waals surface area contributed by atoms with Gasteiger partial charge in [-0.15, -0.1) is 0 Å². The molecule has 1 aliphatic heterocycles. The van der Waals surface area contributed by atoms with Gasteiger partial charge >= 0.3 is 5.63 Å². The summed E-state index contributed by atoms with van der Waals surface area (Å²) in [5, 5.41) is 3.61. The standard InChI is InChI=1S/C21H19NO4/c1-13(10-14-6-7-18-16(11-14)8-9-25-18)22-20(23)17-12-15-4-2-3-5-19(15)26-21(17)24/h2-7,11-13H,8-10H2,1H3,(H,22,23). The average molecular weight is 349 g/mol. The maximum atomic E-state index is 12.5. The van der Waals surface area contributed by atoms with E-state index in [2.05, 4.69) is 11.4 Å². The Bertz CT molecular complexity index is 1040. The highest BCUT2D eigenvalue weighted by Gasteiger charge is 2.17. The molecule has 0 radical (unpaired) electrons. The van der Waals surface area contributed by atoms with Crippen molar-refractivity contribution in [3.8, 4) is 5.75 Å². The van der Waals surface area contributed by atoms with E-state index in [4.69, 9.17) is 9.15 Å². The second-order valence-electron chi connectivity index (χ2n) is 6.60. The smallest absolute Gasteiger partial charge is 0.349 e. The molecule has 1 aromatic heterocycles. The highest BCUT2D eigenvalue weighted by atomic mass is 16.5. The summed E-state index contributed by atoms with van der Waals surface area (Å²) in [4.78, 5) is 24.6. The van der Waals surface area contributed by atoms with Crippen molar-refractivity contribution in [1.29, 1.82) is 0 Å². The zero-order valence-corrected chi connectivity index (χ0v) is 14.5. The molecule has 1 N–H and O–H groups in total. The molecule has 3 aromatic rings. The Hall–Kier alpha value is -3.08. The average Bonchev–Trinajstić information content (AvgIpc) is 3.08. The van der Waals surface area contributed by atoms with Gasteiger partial charge in [-0.25, -0.2) is 4.79 Å². The molecule has 1 atom stereocenters. The van der Waals surface area contributed by atoms with Crippen molar-refractivity contribution in [2.45, 2.75) is 25.8 Å². The summed E-state index contributed by atoms with van der Waals surface area (Å²) in [6.45, 7) is 2.65. The van der Waals surface area contributed by atoms with Crippen LogP contribution in [0.1, 0.15) is 28.4 Å². The molecule has 0 saturated heterocycles. The first-order chi connectivity index (χ1) is 12.6. The quantitative estimate of drug-likeness (QED) is 0.735. The molecule has 1 amide bonds. The first kappa shape index (κ1) is 16.4. The number of hydrogen-bond donors (Lipinski definition) is 1. The number of hydrogen-bond acceptors (Lipinski definition) is 4. The molecule has 26 heavy (non-hydrogen) atoms. The molecular weight excluding hydrogens is 330 g/mol. The lowest BCUT2D eigenvalue weighted by Crippen LogP contribution is -2.36. The number of ether oxygens (including phenoxy) is 1. The molecule has 1 unspecified atom stereocenters. The Morgan fingerprint density at radius 2 is 2.04 bits per heavy atom. The van der Waals surface area contributed by atoms with Gasteiger partial charge < -0.3 is 14.5 Å². The number of carbonyl (C=O) groups is 1. The van der Waals surface area contributed by atoms with E-state index in [-0.39, 0.29) is 11.6 Å². The van der Waals surface area contributed by atoms with Crippen LogP contribution < -0.4 is 15.7 Å². The summed E-state index contributed by atoms with van der Waals surface area (Å²) in [5.41, 5.74) is 2.22. The van der Waals surface area contributed by atoms with E-state index >= 15 is 0 Å². The molecule has 132 valence electrons. The lowest BCUT2D eigenvalue weighted by molar-refractivity contribution is 0.0936. The predicted molar refractivity (Wildman–Crippen MR) is 98.8 cm³/mol. The van der Waals surface area contributed by atoms with Gasteiger partial charge in [-0.05, 0) is 42.7 Å². The van der Waals surface area contributed by atoms with Gasteiger partial charge in [-0.1, -0.05) is 30.3 Å². The Morgan fingerprint density at radius 1 is 1.19 bits per heavy atom. The summed E-state index contributed by atoms with van der Waals surface area (Å²) in [6.07, 6.45) is 1.60. The molecule has 0 bridgehead atoms. The number of rotatable bonds is 4. The van der Waals surface area contributed by atoms with Crippen LogP contribution in [0.2, 0.25) is 0 Å². The molecule has 4 rings (SSSR count). The number of amides is 1. The van der Waals surface area contributed by atoms with Gasteiger partial charge in [0.25, 0.3) is 5.91 Å². The van der Waals surface area contributed by atoms with Gasteiger partial charge in [0.2, 0.25) is 0 Å². The molecule has 0 saturated carbocycles. The van der Waals surface area contributed by atoms with Gasteiger partial charge in [0.05, 0.1) is 6.61 Å². The minimum atomic E-state index is -0.622. The van der Waals surface area contributed by atoms with Crippen LogP contribution >= 0.6 is 0 Å². The van der Waals surface area contributed by atoms with Crippen LogP contribution in [0.5, 0.6) is 5.75 Å². The topological polar surface area (TPSA) is 68.5 Å². The van der Waals surface area contributed by atoms with Crippen molar-refractivity contribution in [1.82, 2.24) is 5.32 Å². The number of benzene rings is 2. The second kappa shape index (κ2) is 6.67. The van der Waals surface area contributed by atoms with Crippen LogP contribution in [0.15, 0.2) is 57.7 Å². The Kier molecular flexibility index (Phi) is 4.21. The number of carbonyl (C=O) groups excluding carboxylic acids is 1. The Morgan fingerprint density at radius 3 is 2.92 bits per heavy atom. The van der Waals surface area contributed by atoms with Crippen LogP contribution in [-0.2, 0) is 12.8 Å². The van der Waals surface area contributed by atoms with Crippen molar-refractivity contribution < 1.29 is 13.9 Å². The number of para-hydroxylation sites is 1. The van der Waals surface area contributed by atoms with Crippen LogP contribution in [-0.4, -0.2) is 18.6 Å². The highest BCUT2D eigenvalue weighted by Crippen LogP contribution is 2.26. The largest absolute Gasteiger partial charge is 0.493 e. The van der Waals surface area contributed by atoms with Gasteiger partial charge in [0.1, 0.15) is 16.9 Å². The monoisotopic (exact) mass is 349 g/mol. The van der Waals surface area contributed by atoms with E-state index in [0.29, 0.717) is 12.0 Å². The lowest BCUT2D eigenvalue weighted by atomic mass is 10.0. The van der Waals surface area contributed by atoms with Crippen molar-refractivity contribution in [3.05, 3.63) is 75.6 Å². The molecule has 1 aliphatic rings. The normalized spacial score (nSPS) is 13.9. The van der Waals surface area contributed by atoms with Gasteiger partial charge in [-0.3, -0.25) is 4.79 Å². The third-order valence-electron chi connectivity index (χ3n) is 4.56. The predicted octanol–water partition coefficient (Wildman–Crippen LogP) is 3.09. The Labute approximate surface area is 150 Å². The SMILES string of the molecule is CC(Cc1ccc2c(c1)CCO2)NC(=O)c1cc2ccccc2oc1=O. The molecule has 5 nitrogen and oxygen atoms in total. The minimum Gasteiger partial charge on any atom is -0.493 e. The van der Waals surface area contributed by atoms with Crippen molar-refractivity contribution in [2.24, 2.45) is 0 Å². The fraction of sp³-hybridized carbons (Fsp3) is 0.238. The van der Waals surface area contributed by atoms with E-state index in [1.807, 2.05) is 31.2 Å². The van der Waals surface area contributed by atoms with E-state index < -0.39 is 11.5 Å². The van der Waals surface area contributed by atoms with Crippen LogP contribution in [0.25, 0.3) is 11.0 Å². The fourth-order valence-electron chi connectivity index (χ4n) is 3.29. The van der Waals surface area contributed by atoms with Gasteiger partial charge in [0, 0.05) is 17.8 Å². The molecule has 5 heteroatoms. The highest BCUT2D eigenvalue weighted by molar-refractivity contribution is 5.96. The third kappa shape index (κ3) is 3.20. The summed E-state index contributed by atoms with van der Waals surface area (Å²) in [5.74, 6) is 0.528. The molecule has 0 spiro atoms. The minimum absolute atomic E-state index is 0.0258.